The molecule has 0 bridgehead atoms. The number of hydrogen-bond acceptors (Lipinski definition) is 4. The van der Waals surface area contributed by atoms with Crippen LogP contribution in [0.3, 0.4) is 0 Å². The molecule has 0 unspecified atom stereocenters. The predicted octanol–water partition coefficient (Wildman–Crippen LogP) is 1.09. The van der Waals surface area contributed by atoms with E-state index in [1.807, 2.05) is 0 Å². The summed E-state index contributed by atoms with van der Waals surface area (Å²) in [4.78, 5) is 22.3. The highest BCUT2D eigenvalue weighted by atomic mass is 35.5. The zero-order chi connectivity index (χ0) is 14.3. The third-order valence-electron chi connectivity index (χ3n) is 2.08. The first kappa shape index (κ1) is 14.8. The predicted molar refractivity (Wildman–Crippen MR) is 68.2 cm³/mol. The number of carbonyl (C=O) groups is 2. The first-order valence-corrected chi connectivity index (χ1v) is 5.74. The number of carbonyl (C=O) groups excluding carboxylic acids is 2. The lowest BCUT2D eigenvalue weighted by atomic mass is 10.2. The summed E-state index contributed by atoms with van der Waals surface area (Å²) in [6, 6.07) is 6.67. The van der Waals surface area contributed by atoms with Crippen LogP contribution in [0.15, 0.2) is 18.2 Å². The van der Waals surface area contributed by atoms with Crippen LogP contribution in [0, 0.1) is 18.3 Å². The topological polar surface area (TPSA) is 91.2 Å². The van der Waals surface area contributed by atoms with E-state index in [4.69, 9.17) is 21.6 Å². The Morgan fingerprint density at radius 2 is 2.05 bits per heavy atom. The van der Waals surface area contributed by atoms with Crippen molar-refractivity contribution in [3.8, 4) is 11.8 Å². The van der Waals surface area contributed by atoms with E-state index in [1.165, 1.54) is 0 Å². The number of rotatable bonds is 4. The van der Waals surface area contributed by atoms with Gasteiger partial charge in [-0.25, -0.2) is 0 Å². The Morgan fingerprint density at radius 1 is 1.37 bits per heavy atom. The minimum absolute atomic E-state index is 0.255. The number of nitrogens with one attached hydrogen (secondary N) is 2. The quantitative estimate of drug-likeness (QED) is 0.808. The molecule has 0 radical (unpaired) electrons. The van der Waals surface area contributed by atoms with E-state index < -0.39 is 11.8 Å². The SMILES string of the molecule is Cc1cc(Cl)ccc1OCC(=O)NNC(=O)CC#N. The number of nitrogens with zero attached hydrogens (tertiary/aromatic N) is 1. The fourth-order valence-electron chi connectivity index (χ4n) is 1.21. The van der Waals surface area contributed by atoms with Crippen LogP contribution in [0.2, 0.25) is 5.02 Å². The number of amides is 2. The summed E-state index contributed by atoms with van der Waals surface area (Å²) in [6.07, 6.45) is -0.322. The summed E-state index contributed by atoms with van der Waals surface area (Å²) in [7, 11) is 0. The molecule has 6 nitrogen and oxygen atoms in total. The van der Waals surface area contributed by atoms with Gasteiger partial charge in [-0.05, 0) is 30.7 Å². The molecule has 0 atom stereocenters. The fraction of sp³-hybridized carbons (Fsp3) is 0.250. The van der Waals surface area contributed by atoms with E-state index in [9.17, 15) is 9.59 Å². The molecule has 0 heterocycles. The second kappa shape index (κ2) is 7.24. The van der Waals surface area contributed by atoms with E-state index in [2.05, 4.69) is 10.9 Å². The fourth-order valence-corrected chi connectivity index (χ4v) is 1.44. The molecular weight excluding hydrogens is 270 g/mol. The van der Waals surface area contributed by atoms with E-state index in [1.54, 1.807) is 31.2 Å². The molecule has 0 aliphatic carbocycles. The number of hydrogen-bond donors (Lipinski definition) is 2. The van der Waals surface area contributed by atoms with Crippen molar-refractivity contribution >= 4 is 23.4 Å². The van der Waals surface area contributed by atoms with Crippen molar-refractivity contribution in [2.75, 3.05) is 6.61 Å². The zero-order valence-electron chi connectivity index (χ0n) is 10.2. The van der Waals surface area contributed by atoms with E-state index >= 15 is 0 Å². The van der Waals surface area contributed by atoms with Gasteiger partial charge in [-0.15, -0.1) is 0 Å². The number of hydrazine groups is 1. The summed E-state index contributed by atoms with van der Waals surface area (Å²) in [6.45, 7) is 1.54. The molecule has 0 aliphatic rings. The first-order valence-electron chi connectivity index (χ1n) is 5.36. The van der Waals surface area contributed by atoms with Crippen LogP contribution >= 0.6 is 11.6 Å². The van der Waals surface area contributed by atoms with Gasteiger partial charge < -0.3 is 4.74 Å². The lowest BCUT2D eigenvalue weighted by molar-refractivity contribution is -0.129. The molecular formula is C12H12ClN3O3. The van der Waals surface area contributed by atoms with E-state index in [0.29, 0.717) is 10.8 Å². The number of halogens is 1. The van der Waals surface area contributed by atoms with Gasteiger partial charge in [-0.1, -0.05) is 11.6 Å². The van der Waals surface area contributed by atoms with Gasteiger partial charge in [0.05, 0.1) is 6.07 Å². The molecule has 0 aromatic heterocycles. The molecule has 0 fully saturated rings. The molecule has 0 aliphatic heterocycles. The number of nitriles is 1. The maximum atomic E-state index is 11.3. The second-order valence-electron chi connectivity index (χ2n) is 3.63. The molecule has 7 heteroatoms. The average Bonchev–Trinajstić information content (AvgIpc) is 2.35. The van der Waals surface area contributed by atoms with Gasteiger partial charge in [0.2, 0.25) is 0 Å². The third-order valence-corrected chi connectivity index (χ3v) is 2.31. The Hall–Kier alpha value is -2.26. The van der Waals surface area contributed by atoms with Crippen molar-refractivity contribution in [3.63, 3.8) is 0 Å². The summed E-state index contributed by atoms with van der Waals surface area (Å²) in [5.74, 6) is -0.581. The zero-order valence-corrected chi connectivity index (χ0v) is 11.0. The third kappa shape index (κ3) is 5.27. The molecule has 1 aromatic rings. The molecule has 2 N–H and O–H groups in total. The Labute approximate surface area is 115 Å². The van der Waals surface area contributed by atoms with Gasteiger partial charge in [-0.2, -0.15) is 5.26 Å². The van der Waals surface area contributed by atoms with Crippen molar-refractivity contribution in [1.29, 1.82) is 5.26 Å². The largest absolute Gasteiger partial charge is 0.483 e. The van der Waals surface area contributed by atoms with E-state index in [0.717, 1.165) is 5.56 Å². The summed E-state index contributed by atoms with van der Waals surface area (Å²) < 4.78 is 5.26. The molecule has 1 aromatic carbocycles. The first-order chi connectivity index (χ1) is 9.02. The minimum Gasteiger partial charge on any atom is -0.483 e. The van der Waals surface area contributed by atoms with Gasteiger partial charge in [0.1, 0.15) is 12.2 Å². The van der Waals surface area contributed by atoms with Crippen molar-refractivity contribution in [3.05, 3.63) is 28.8 Å². The molecule has 0 saturated carbocycles. The van der Waals surface area contributed by atoms with Gasteiger partial charge >= 0.3 is 0 Å². The van der Waals surface area contributed by atoms with Crippen molar-refractivity contribution < 1.29 is 14.3 Å². The molecule has 1 rings (SSSR count). The molecule has 0 saturated heterocycles. The lowest BCUT2D eigenvalue weighted by Gasteiger charge is -2.09. The monoisotopic (exact) mass is 281 g/mol. The van der Waals surface area contributed by atoms with Gasteiger partial charge in [0, 0.05) is 5.02 Å². The summed E-state index contributed by atoms with van der Waals surface area (Å²) in [5, 5.41) is 8.83. The van der Waals surface area contributed by atoms with Crippen molar-refractivity contribution in [1.82, 2.24) is 10.9 Å². The Balaban J connectivity index is 2.38. The van der Waals surface area contributed by atoms with Crippen LogP contribution in [-0.4, -0.2) is 18.4 Å². The maximum Gasteiger partial charge on any atom is 0.276 e. The van der Waals surface area contributed by atoms with Crippen LogP contribution in [-0.2, 0) is 9.59 Å². The van der Waals surface area contributed by atoms with Crippen LogP contribution in [0.4, 0.5) is 0 Å². The maximum absolute atomic E-state index is 11.3. The van der Waals surface area contributed by atoms with Crippen molar-refractivity contribution in [2.24, 2.45) is 0 Å². The van der Waals surface area contributed by atoms with Crippen LogP contribution in [0.1, 0.15) is 12.0 Å². The van der Waals surface area contributed by atoms with Crippen LogP contribution in [0.5, 0.6) is 5.75 Å². The van der Waals surface area contributed by atoms with Crippen molar-refractivity contribution in [2.45, 2.75) is 13.3 Å². The molecule has 2 amide bonds. The normalized spacial score (nSPS) is 9.32. The Bertz CT molecular complexity index is 525. The summed E-state index contributed by atoms with van der Waals surface area (Å²) in [5.41, 5.74) is 5.01. The Morgan fingerprint density at radius 3 is 2.68 bits per heavy atom. The number of ether oxygens (including phenoxy) is 1. The second-order valence-corrected chi connectivity index (χ2v) is 4.07. The minimum atomic E-state index is -0.585. The van der Waals surface area contributed by atoms with Crippen LogP contribution in [0.25, 0.3) is 0 Å². The molecule has 100 valence electrons. The smallest absolute Gasteiger partial charge is 0.276 e. The highest BCUT2D eigenvalue weighted by Gasteiger charge is 2.06. The van der Waals surface area contributed by atoms with Crippen LogP contribution < -0.4 is 15.6 Å². The lowest BCUT2D eigenvalue weighted by Crippen LogP contribution is -2.43. The van der Waals surface area contributed by atoms with Gasteiger partial charge in [0.15, 0.2) is 6.61 Å². The molecule has 0 spiro atoms. The van der Waals surface area contributed by atoms with E-state index in [-0.39, 0.29) is 13.0 Å². The average molecular weight is 282 g/mol. The highest BCUT2D eigenvalue weighted by molar-refractivity contribution is 6.30. The Kier molecular flexibility index (Phi) is 5.64. The van der Waals surface area contributed by atoms with Gasteiger partial charge in [-0.3, -0.25) is 20.4 Å². The number of benzene rings is 1. The van der Waals surface area contributed by atoms with Gasteiger partial charge in [0.25, 0.3) is 11.8 Å². The number of aryl methyl sites for hydroxylation is 1. The highest BCUT2D eigenvalue weighted by Crippen LogP contribution is 2.21. The summed E-state index contributed by atoms with van der Waals surface area (Å²) >= 11 is 5.79. The standard InChI is InChI=1S/C12H12ClN3O3/c1-8-6-9(13)2-3-10(8)19-7-12(18)16-15-11(17)4-5-14/h2-3,6H,4,7H2,1H3,(H,15,17)(H,16,18). The molecule has 19 heavy (non-hydrogen) atoms.